The van der Waals surface area contributed by atoms with Gasteiger partial charge in [0.25, 0.3) is 0 Å². The van der Waals surface area contributed by atoms with Gasteiger partial charge in [-0.05, 0) is 51.1 Å². The van der Waals surface area contributed by atoms with Crippen LogP contribution in [0.25, 0.3) is 0 Å². The Kier molecular flexibility index (Phi) is 4.48. The Morgan fingerprint density at radius 1 is 1.18 bits per heavy atom. The topological polar surface area (TPSA) is 15.3 Å². The van der Waals surface area contributed by atoms with Crippen molar-refractivity contribution in [3.8, 4) is 0 Å². The highest BCUT2D eigenvalue weighted by Crippen LogP contribution is 2.35. The van der Waals surface area contributed by atoms with E-state index in [1.54, 1.807) is 0 Å². The molecular formula is C15H30N2. The molecule has 2 atom stereocenters. The molecule has 0 aromatic rings. The molecule has 1 N–H and O–H groups in total. The van der Waals surface area contributed by atoms with Crippen molar-refractivity contribution in [3.63, 3.8) is 0 Å². The number of nitrogens with one attached hydrogen (secondary N) is 1. The lowest BCUT2D eigenvalue weighted by atomic mass is 9.73. The van der Waals surface area contributed by atoms with Gasteiger partial charge in [0.2, 0.25) is 0 Å². The molecule has 2 fully saturated rings. The fourth-order valence-electron chi connectivity index (χ4n) is 3.50. The summed E-state index contributed by atoms with van der Waals surface area (Å²) in [7, 11) is 0. The second kappa shape index (κ2) is 5.71. The van der Waals surface area contributed by atoms with E-state index in [-0.39, 0.29) is 0 Å². The predicted octanol–water partition coefficient (Wildman–Crippen LogP) is 3.03. The van der Waals surface area contributed by atoms with Gasteiger partial charge in [0.05, 0.1) is 0 Å². The minimum atomic E-state index is 0.503. The van der Waals surface area contributed by atoms with Crippen molar-refractivity contribution in [1.29, 1.82) is 0 Å². The number of hydrogen-bond donors (Lipinski definition) is 1. The van der Waals surface area contributed by atoms with Crippen LogP contribution in [0.3, 0.4) is 0 Å². The normalized spacial score (nSPS) is 31.6. The molecule has 2 heteroatoms. The lowest BCUT2D eigenvalue weighted by molar-refractivity contribution is 0.152. The molecule has 0 spiro atoms. The summed E-state index contributed by atoms with van der Waals surface area (Å²) in [5.74, 6) is 0. The van der Waals surface area contributed by atoms with E-state index < -0.39 is 0 Å². The summed E-state index contributed by atoms with van der Waals surface area (Å²) < 4.78 is 0. The molecule has 2 unspecified atom stereocenters. The Labute approximate surface area is 107 Å². The minimum Gasteiger partial charge on any atom is -0.312 e. The summed E-state index contributed by atoms with van der Waals surface area (Å²) in [5, 5.41) is 3.85. The molecule has 17 heavy (non-hydrogen) atoms. The van der Waals surface area contributed by atoms with Gasteiger partial charge in [-0.15, -0.1) is 0 Å². The first-order valence-corrected chi connectivity index (χ1v) is 7.57. The monoisotopic (exact) mass is 238 g/mol. The highest BCUT2D eigenvalue weighted by atomic mass is 15.2. The first-order chi connectivity index (χ1) is 8.09. The molecule has 100 valence electrons. The maximum Gasteiger partial charge on any atom is 0.0192 e. The van der Waals surface area contributed by atoms with E-state index in [2.05, 4.69) is 31.0 Å². The van der Waals surface area contributed by atoms with Crippen LogP contribution in [0, 0.1) is 5.41 Å². The van der Waals surface area contributed by atoms with E-state index >= 15 is 0 Å². The van der Waals surface area contributed by atoms with Crippen LogP contribution in [0.5, 0.6) is 0 Å². The third-order valence-corrected chi connectivity index (χ3v) is 4.93. The molecule has 1 aliphatic heterocycles. The Balaban J connectivity index is 1.76. The molecule has 2 aliphatic rings. The molecule has 0 amide bonds. The minimum absolute atomic E-state index is 0.503. The van der Waals surface area contributed by atoms with Crippen LogP contribution in [0.15, 0.2) is 0 Å². The van der Waals surface area contributed by atoms with E-state index in [0.717, 1.165) is 12.1 Å². The lowest BCUT2D eigenvalue weighted by Crippen LogP contribution is -2.49. The van der Waals surface area contributed by atoms with E-state index in [9.17, 15) is 0 Å². The average molecular weight is 238 g/mol. The van der Waals surface area contributed by atoms with Crippen LogP contribution in [-0.4, -0.2) is 36.6 Å². The van der Waals surface area contributed by atoms with E-state index in [1.165, 1.54) is 58.2 Å². The van der Waals surface area contributed by atoms with Crippen LogP contribution in [0.2, 0.25) is 0 Å². The van der Waals surface area contributed by atoms with Gasteiger partial charge in [-0.25, -0.2) is 0 Å². The number of hydrogen-bond acceptors (Lipinski definition) is 2. The highest BCUT2D eigenvalue weighted by Gasteiger charge is 2.32. The van der Waals surface area contributed by atoms with Crippen molar-refractivity contribution < 1.29 is 0 Å². The summed E-state index contributed by atoms with van der Waals surface area (Å²) in [6.07, 6.45) is 8.41. The Bertz CT molecular complexity index is 231. The van der Waals surface area contributed by atoms with Crippen molar-refractivity contribution in [2.75, 3.05) is 19.6 Å². The first-order valence-electron chi connectivity index (χ1n) is 7.57. The van der Waals surface area contributed by atoms with Crippen LogP contribution in [0.1, 0.15) is 59.3 Å². The Morgan fingerprint density at radius 2 is 1.88 bits per heavy atom. The summed E-state index contributed by atoms with van der Waals surface area (Å²) in [5.41, 5.74) is 0.503. The highest BCUT2D eigenvalue weighted by molar-refractivity contribution is 4.89. The third kappa shape index (κ3) is 3.45. The zero-order valence-electron chi connectivity index (χ0n) is 12.0. The van der Waals surface area contributed by atoms with Gasteiger partial charge in [0.1, 0.15) is 0 Å². The van der Waals surface area contributed by atoms with Crippen molar-refractivity contribution >= 4 is 0 Å². The zero-order valence-corrected chi connectivity index (χ0v) is 12.0. The molecule has 1 saturated carbocycles. The molecule has 0 aromatic heterocycles. The molecule has 1 heterocycles. The SMILES string of the molecule is CC(CNC1CCCCC1(C)C)N1CCCC1. The molecular weight excluding hydrogens is 208 g/mol. The van der Waals surface area contributed by atoms with Gasteiger partial charge in [0, 0.05) is 18.6 Å². The smallest absolute Gasteiger partial charge is 0.0192 e. The van der Waals surface area contributed by atoms with Crippen molar-refractivity contribution in [2.24, 2.45) is 5.41 Å². The standard InChI is InChI=1S/C15H30N2/c1-13(17-10-6-7-11-17)12-16-14-8-4-5-9-15(14,2)3/h13-14,16H,4-12H2,1-3H3. The lowest BCUT2D eigenvalue weighted by Gasteiger charge is -2.40. The van der Waals surface area contributed by atoms with Gasteiger partial charge < -0.3 is 5.32 Å². The molecule has 2 rings (SSSR count). The maximum atomic E-state index is 3.85. The molecule has 0 bridgehead atoms. The quantitative estimate of drug-likeness (QED) is 0.810. The van der Waals surface area contributed by atoms with E-state index in [1.807, 2.05) is 0 Å². The van der Waals surface area contributed by atoms with Crippen LogP contribution in [-0.2, 0) is 0 Å². The Morgan fingerprint density at radius 3 is 2.53 bits per heavy atom. The van der Waals surface area contributed by atoms with Crippen LogP contribution in [0.4, 0.5) is 0 Å². The first kappa shape index (κ1) is 13.4. The number of nitrogens with zero attached hydrogens (tertiary/aromatic N) is 1. The Hall–Kier alpha value is -0.0800. The molecule has 0 aromatic carbocycles. The third-order valence-electron chi connectivity index (χ3n) is 4.93. The largest absolute Gasteiger partial charge is 0.312 e. The van der Waals surface area contributed by atoms with Gasteiger partial charge in [-0.1, -0.05) is 26.7 Å². The van der Waals surface area contributed by atoms with Crippen LogP contribution < -0.4 is 5.32 Å². The van der Waals surface area contributed by atoms with Crippen LogP contribution >= 0.6 is 0 Å². The van der Waals surface area contributed by atoms with Crippen molar-refractivity contribution in [1.82, 2.24) is 10.2 Å². The fraction of sp³-hybridized carbons (Fsp3) is 1.00. The number of rotatable bonds is 4. The summed E-state index contributed by atoms with van der Waals surface area (Å²) in [6, 6.07) is 1.46. The second-order valence-electron chi connectivity index (χ2n) is 6.79. The van der Waals surface area contributed by atoms with E-state index in [4.69, 9.17) is 0 Å². The van der Waals surface area contributed by atoms with Crippen molar-refractivity contribution in [2.45, 2.75) is 71.4 Å². The molecule has 1 aliphatic carbocycles. The van der Waals surface area contributed by atoms with E-state index in [0.29, 0.717) is 5.41 Å². The van der Waals surface area contributed by atoms with Gasteiger partial charge in [-0.3, -0.25) is 4.90 Å². The molecule has 1 saturated heterocycles. The predicted molar refractivity (Wildman–Crippen MR) is 74.3 cm³/mol. The summed E-state index contributed by atoms with van der Waals surface area (Å²) in [4.78, 5) is 2.64. The molecule has 2 nitrogen and oxygen atoms in total. The zero-order chi connectivity index (χ0) is 12.3. The second-order valence-corrected chi connectivity index (χ2v) is 6.79. The summed E-state index contributed by atoms with van der Waals surface area (Å²) >= 11 is 0. The number of likely N-dealkylation sites (tertiary alicyclic amines) is 1. The summed E-state index contributed by atoms with van der Waals surface area (Å²) in [6.45, 7) is 11.1. The average Bonchev–Trinajstić information content (AvgIpc) is 2.80. The van der Waals surface area contributed by atoms with Gasteiger partial charge in [0.15, 0.2) is 0 Å². The van der Waals surface area contributed by atoms with Gasteiger partial charge >= 0.3 is 0 Å². The van der Waals surface area contributed by atoms with Gasteiger partial charge in [-0.2, -0.15) is 0 Å². The molecule has 0 radical (unpaired) electrons. The fourth-order valence-corrected chi connectivity index (χ4v) is 3.50. The van der Waals surface area contributed by atoms with Crippen molar-refractivity contribution in [3.05, 3.63) is 0 Å². The maximum absolute atomic E-state index is 3.85.